The van der Waals surface area contributed by atoms with E-state index in [-0.39, 0.29) is 18.1 Å². The van der Waals surface area contributed by atoms with Crippen LogP contribution in [0.15, 0.2) is 47.6 Å². The zero-order valence-electron chi connectivity index (χ0n) is 12.8. The van der Waals surface area contributed by atoms with Crippen LogP contribution in [0.3, 0.4) is 0 Å². The second-order valence-electron chi connectivity index (χ2n) is 4.61. The van der Waals surface area contributed by atoms with E-state index in [1.165, 1.54) is 25.5 Å². The first-order valence-corrected chi connectivity index (χ1v) is 6.89. The van der Waals surface area contributed by atoms with Crippen LogP contribution in [-0.4, -0.2) is 19.9 Å². The van der Waals surface area contributed by atoms with Gasteiger partial charge in [-0.2, -0.15) is 14.0 Å². The summed E-state index contributed by atoms with van der Waals surface area (Å²) in [6.07, 6.45) is 1.43. The summed E-state index contributed by atoms with van der Waals surface area (Å²) in [6.45, 7) is -2.68. The fraction of sp³-hybridized carbons (Fsp3) is 0.176. The van der Waals surface area contributed by atoms with Crippen LogP contribution in [0.4, 0.5) is 8.78 Å². The van der Waals surface area contributed by atoms with E-state index in [9.17, 15) is 8.78 Å². The minimum Gasteiger partial charge on any atom is -0.493 e. The van der Waals surface area contributed by atoms with Crippen molar-refractivity contribution in [3.8, 4) is 17.6 Å². The van der Waals surface area contributed by atoms with Crippen molar-refractivity contribution in [2.45, 2.75) is 13.2 Å². The number of halogens is 2. The Labute approximate surface area is 137 Å². The van der Waals surface area contributed by atoms with Crippen molar-refractivity contribution in [3.05, 3.63) is 59.2 Å². The van der Waals surface area contributed by atoms with E-state index in [0.29, 0.717) is 11.1 Å². The van der Waals surface area contributed by atoms with Gasteiger partial charge in [0.15, 0.2) is 11.5 Å². The van der Waals surface area contributed by atoms with Crippen LogP contribution in [0.2, 0.25) is 0 Å². The van der Waals surface area contributed by atoms with Gasteiger partial charge >= 0.3 is 6.61 Å². The quantitative estimate of drug-likeness (QED) is 0.572. The molecule has 0 spiro atoms. The van der Waals surface area contributed by atoms with Crippen molar-refractivity contribution in [2.24, 2.45) is 5.16 Å². The summed E-state index contributed by atoms with van der Waals surface area (Å²) in [5.41, 5.74) is 2.04. The van der Waals surface area contributed by atoms with Crippen molar-refractivity contribution >= 4 is 6.21 Å². The van der Waals surface area contributed by atoms with Crippen molar-refractivity contribution in [1.82, 2.24) is 0 Å². The molecule has 0 aliphatic carbocycles. The number of ether oxygens (including phenoxy) is 2. The molecule has 0 saturated carbocycles. The summed E-state index contributed by atoms with van der Waals surface area (Å²) in [7, 11) is 1.36. The lowest BCUT2D eigenvalue weighted by atomic mass is 10.2. The summed E-state index contributed by atoms with van der Waals surface area (Å²) >= 11 is 0. The maximum absolute atomic E-state index is 12.3. The molecule has 0 N–H and O–H groups in total. The molecule has 7 heteroatoms. The maximum Gasteiger partial charge on any atom is 0.387 e. The molecule has 0 heterocycles. The number of alkyl halides is 2. The van der Waals surface area contributed by atoms with Crippen LogP contribution in [0.1, 0.15) is 16.7 Å². The fourth-order valence-electron chi connectivity index (χ4n) is 1.84. The molecule has 0 fully saturated rings. The monoisotopic (exact) mass is 332 g/mol. The zero-order valence-corrected chi connectivity index (χ0v) is 12.8. The molecule has 0 amide bonds. The Morgan fingerprint density at radius 3 is 2.54 bits per heavy atom. The number of hydrogen-bond acceptors (Lipinski definition) is 5. The molecule has 0 aliphatic heterocycles. The molecule has 2 aromatic rings. The molecule has 0 atom stereocenters. The van der Waals surface area contributed by atoms with Crippen LogP contribution in [0.5, 0.6) is 11.5 Å². The number of benzene rings is 2. The summed E-state index contributed by atoms with van der Waals surface area (Å²) in [4.78, 5) is 5.16. The molecular formula is C17H14F2N2O3. The van der Waals surface area contributed by atoms with Gasteiger partial charge in [0.05, 0.1) is 25.0 Å². The Balaban J connectivity index is 1.94. The van der Waals surface area contributed by atoms with Crippen molar-refractivity contribution in [3.63, 3.8) is 0 Å². The lowest BCUT2D eigenvalue weighted by molar-refractivity contribution is -0.0512. The number of rotatable bonds is 7. The maximum atomic E-state index is 12.3. The SMILES string of the molecule is COc1cc(/C=N\OCc2ccc(C#N)cc2)ccc1OC(F)F. The smallest absolute Gasteiger partial charge is 0.387 e. The van der Waals surface area contributed by atoms with Crippen molar-refractivity contribution in [1.29, 1.82) is 5.26 Å². The number of oxime groups is 1. The second kappa shape index (κ2) is 8.48. The largest absolute Gasteiger partial charge is 0.493 e. The molecule has 24 heavy (non-hydrogen) atoms. The van der Waals surface area contributed by atoms with Gasteiger partial charge in [0, 0.05) is 5.56 Å². The third-order valence-electron chi connectivity index (χ3n) is 2.99. The Kier molecular flexibility index (Phi) is 6.08. The lowest BCUT2D eigenvalue weighted by Crippen LogP contribution is -2.03. The first-order valence-electron chi connectivity index (χ1n) is 6.89. The van der Waals surface area contributed by atoms with Crippen LogP contribution in [-0.2, 0) is 11.4 Å². The van der Waals surface area contributed by atoms with Gasteiger partial charge in [-0.25, -0.2) is 0 Å². The predicted octanol–water partition coefficient (Wildman–Crippen LogP) is 3.72. The zero-order chi connectivity index (χ0) is 17.4. The average molecular weight is 332 g/mol. The molecule has 2 aromatic carbocycles. The molecule has 0 unspecified atom stereocenters. The van der Waals surface area contributed by atoms with Crippen LogP contribution >= 0.6 is 0 Å². The first-order chi connectivity index (χ1) is 11.6. The van der Waals surface area contributed by atoms with E-state index in [1.54, 1.807) is 30.3 Å². The van der Waals surface area contributed by atoms with Crippen LogP contribution in [0.25, 0.3) is 0 Å². The van der Waals surface area contributed by atoms with Gasteiger partial charge in [0.1, 0.15) is 6.61 Å². The molecule has 0 bridgehead atoms. The highest BCUT2D eigenvalue weighted by atomic mass is 19.3. The van der Waals surface area contributed by atoms with E-state index < -0.39 is 6.61 Å². The van der Waals surface area contributed by atoms with E-state index >= 15 is 0 Å². The summed E-state index contributed by atoms with van der Waals surface area (Å²) in [5, 5.41) is 12.5. The van der Waals surface area contributed by atoms with Gasteiger partial charge < -0.3 is 14.3 Å². The molecule has 124 valence electrons. The predicted molar refractivity (Wildman–Crippen MR) is 83.2 cm³/mol. The fourth-order valence-corrected chi connectivity index (χ4v) is 1.84. The summed E-state index contributed by atoms with van der Waals surface area (Å²) in [6, 6.07) is 13.4. The summed E-state index contributed by atoms with van der Waals surface area (Å²) in [5.74, 6) is 0.120. The topological polar surface area (TPSA) is 63.8 Å². The summed E-state index contributed by atoms with van der Waals surface area (Å²) < 4.78 is 33.8. The lowest BCUT2D eigenvalue weighted by Gasteiger charge is -2.09. The Bertz CT molecular complexity index is 740. The molecule has 5 nitrogen and oxygen atoms in total. The minimum absolute atomic E-state index is 0.0526. The van der Waals surface area contributed by atoms with Gasteiger partial charge in [-0.1, -0.05) is 17.3 Å². The third-order valence-corrected chi connectivity index (χ3v) is 2.99. The van der Waals surface area contributed by atoms with Gasteiger partial charge in [-0.3, -0.25) is 0 Å². The van der Waals surface area contributed by atoms with Crippen LogP contribution < -0.4 is 9.47 Å². The standard InChI is InChI=1S/C17H14F2N2O3/c1-22-16-8-14(6-7-15(16)24-17(18)19)10-21-23-11-13-4-2-12(9-20)3-5-13/h2-8,10,17H,11H2,1H3/b21-10-. The molecule has 0 radical (unpaired) electrons. The Morgan fingerprint density at radius 1 is 1.17 bits per heavy atom. The number of hydrogen-bond donors (Lipinski definition) is 0. The van der Waals surface area contributed by atoms with E-state index in [2.05, 4.69) is 9.89 Å². The van der Waals surface area contributed by atoms with E-state index in [1.807, 2.05) is 6.07 Å². The van der Waals surface area contributed by atoms with Crippen molar-refractivity contribution < 1.29 is 23.1 Å². The second-order valence-corrected chi connectivity index (χ2v) is 4.61. The minimum atomic E-state index is -2.92. The third kappa shape index (κ3) is 4.95. The first kappa shape index (κ1) is 17.2. The molecular weight excluding hydrogens is 318 g/mol. The van der Waals surface area contributed by atoms with Gasteiger partial charge in [-0.15, -0.1) is 0 Å². The Morgan fingerprint density at radius 2 is 1.92 bits per heavy atom. The number of methoxy groups -OCH3 is 1. The van der Waals surface area contributed by atoms with Gasteiger partial charge in [0.2, 0.25) is 0 Å². The Hall–Kier alpha value is -3.14. The van der Waals surface area contributed by atoms with Gasteiger partial charge in [0.25, 0.3) is 0 Å². The van der Waals surface area contributed by atoms with Crippen molar-refractivity contribution in [2.75, 3.05) is 7.11 Å². The molecule has 0 aromatic heterocycles. The highest BCUT2D eigenvalue weighted by Gasteiger charge is 2.10. The highest BCUT2D eigenvalue weighted by molar-refractivity contribution is 5.80. The normalized spacial score (nSPS) is 10.6. The molecule has 2 rings (SSSR count). The number of nitriles is 1. The van der Waals surface area contributed by atoms with E-state index in [4.69, 9.17) is 14.8 Å². The molecule has 0 saturated heterocycles. The van der Waals surface area contributed by atoms with Gasteiger partial charge in [-0.05, 0) is 35.9 Å². The highest BCUT2D eigenvalue weighted by Crippen LogP contribution is 2.28. The van der Waals surface area contributed by atoms with Crippen LogP contribution in [0, 0.1) is 11.3 Å². The van der Waals surface area contributed by atoms with E-state index in [0.717, 1.165) is 5.56 Å². The molecule has 0 aliphatic rings. The average Bonchev–Trinajstić information content (AvgIpc) is 2.59. The number of nitrogens with zero attached hydrogens (tertiary/aromatic N) is 2.